The summed E-state index contributed by atoms with van der Waals surface area (Å²) >= 11 is 1.56. The van der Waals surface area contributed by atoms with Crippen LogP contribution >= 0.6 is 23.7 Å². The van der Waals surface area contributed by atoms with Gasteiger partial charge in [-0.1, -0.05) is 0 Å². The first-order valence-electron chi connectivity index (χ1n) is 5.89. The highest BCUT2D eigenvalue weighted by atomic mass is 35.5. The molecule has 0 aromatic carbocycles. The Balaban J connectivity index is 0.00000161. The first kappa shape index (κ1) is 15.1. The molecule has 8 heteroatoms. The summed E-state index contributed by atoms with van der Waals surface area (Å²) in [4.78, 5) is 17.4. The van der Waals surface area contributed by atoms with Crippen molar-refractivity contribution in [1.82, 2.24) is 24.3 Å². The Bertz CT molecular complexity index is 847. The van der Waals surface area contributed by atoms with Gasteiger partial charge in [-0.3, -0.25) is 4.57 Å². The third kappa shape index (κ3) is 3.42. The van der Waals surface area contributed by atoms with E-state index in [-0.39, 0.29) is 18.1 Å². The predicted octanol–water partition coefficient (Wildman–Crippen LogP) is 1.24. The maximum atomic E-state index is 11.4. The lowest BCUT2D eigenvalue weighted by Gasteiger charge is -1.94. The fourth-order valence-corrected chi connectivity index (χ4v) is 2.54. The van der Waals surface area contributed by atoms with Gasteiger partial charge in [-0.05, 0) is 24.0 Å². The molecule has 0 unspecified atom stereocenters. The number of nitrogens with one attached hydrogen (secondary N) is 1. The van der Waals surface area contributed by atoms with Crippen molar-refractivity contribution < 1.29 is 0 Å². The van der Waals surface area contributed by atoms with E-state index in [0.717, 1.165) is 15.4 Å². The molecular weight excluding hydrogens is 310 g/mol. The summed E-state index contributed by atoms with van der Waals surface area (Å²) in [5, 5.41) is 6.07. The molecule has 0 fully saturated rings. The minimum Gasteiger partial charge on any atom is -0.327 e. The number of aromatic amines is 1. The first-order valence-corrected chi connectivity index (χ1v) is 6.71. The molecule has 0 radical (unpaired) electrons. The molecule has 0 spiro atoms. The van der Waals surface area contributed by atoms with Gasteiger partial charge < -0.3 is 4.57 Å². The molecule has 3 aromatic rings. The zero-order valence-electron chi connectivity index (χ0n) is 11.1. The van der Waals surface area contributed by atoms with E-state index in [2.05, 4.69) is 27.0 Å². The third-order valence-corrected chi connectivity index (χ3v) is 3.72. The summed E-state index contributed by atoms with van der Waals surface area (Å²) in [5.41, 5.74) is 0.659. The van der Waals surface area contributed by atoms with Crippen LogP contribution in [0.3, 0.4) is 0 Å². The van der Waals surface area contributed by atoms with Gasteiger partial charge >= 0.3 is 5.69 Å². The average Bonchev–Trinajstić information content (AvgIpc) is 3.12. The number of imidazole rings is 1. The summed E-state index contributed by atoms with van der Waals surface area (Å²) < 4.78 is 3.39. The maximum Gasteiger partial charge on any atom is 0.343 e. The van der Waals surface area contributed by atoms with Gasteiger partial charge in [0.1, 0.15) is 12.0 Å². The number of rotatable bonds is 2. The first-order chi connectivity index (χ1) is 9.72. The smallest absolute Gasteiger partial charge is 0.327 e. The minimum atomic E-state index is -0.207. The Hall–Kier alpha value is -2.30. The van der Waals surface area contributed by atoms with Gasteiger partial charge in [0, 0.05) is 11.9 Å². The van der Waals surface area contributed by atoms with Crippen LogP contribution in [-0.2, 0) is 13.6 Å². The molecule has 0 aliphatic carbocycles. The molecular formula is C13H12ClN5OS. The predicted molar refractivity (Wildman–Crippen MR) is 82.7 cm³/mol. The Morgan fingerprint density at radius 1 is 1.33 bits per heavy atom. The van der Waals surface area contributed by atoms with E-state index >= 15 is 0 Å². The van der Waals surface area contributed by atoms with Crippen LogP contribution in [0.15, 0.2) is 35.8 Å². The van der Waals surface area contributed by atoms with E-state index in [1.165, 1.54) is 10.9 Å². The minimum absolute atomic E-state index is 0. The van der Waals surface area contributed by atoms with Gasteiger partial charge in [-0.2, -0.15) is 5.10 Å². The summed E-state index contributed by atoms with van der Waals surface area (Å²) in [7, 11) is 1.90. The summed E-state index contributed by atoms with van der Waals surface area (Å²) in [6, 6.07) is 3.92. The van der Waals surface area contributed by atoms with Crippen LogP contribution in [0, 0.1) is 11.8 Å². The second kappa shape index (κ2) is 6.43. The molecule has 21 heavy (non-hydrogen) atoms. The van der Waals surface area contributed by atoms with Crippen molar-refractivity contribution in [3.63, 3.8) is 0 Å². The van der Waals surface area contributed by atoms with Gasteiger partial charge in [-0.15, -0.1) is 23.7 Å². The zero-order valence-corrected chi connectivity index (χ0v) is 12.7. The van der Waals surface area contributed by atoms with Crippen molar-refractivity contribution in [2.75, 3.05) is 0 Å². The number of halogens is 1. The molecule has 0 bridgehead atoms. The van der Waals surface area contributed by atoms with Gasteiger partial charge in [0.15, 0.2) is 0 Å². The van der Waals surface area contributed by atoms with Gasteiger partial charge in [0.05, 0.1) is 23.9 Å². The number of hydrogen-bond acceptors (Lipinski definition) is 4. The monoisotopic (exact) mass is 321 g/mol. The van der Waals surface area contributed by atoms with Crippen LogP contribution in [0.5, 0.6) is 0 Å². The van der Waals surface area contributed by atoms with Crippen LogP contribution in [0.1, 0.15) is 15.4 Å². The average molecular weight is 322 g/mol. The lowest BCUT2D eigenvalue weighted by molar-refractivity contribution is 0.772. The fourth-order valence-electron chi connectivity index (χ4n) is 1.68. The second-order valence-electron chi connectivity index (χ2n) is 4.20. The van der Waals surface area contributed by atoms with Crippen LogP contribution < -0.4 is 5.69 Å². The normalized spacial score (nSPS) is 9.76. The second-order valence-corrected chi connectivity index (χ2v) is 5.36. The lowest BCUT2D eigenvalue weighted by atomic mass is 10.4. The van der Waals surface area contributed by atoms with Crippen LogP contribution in [0.25, 0.3) is 0 Å². The molecule has 108 valence electrons. The van der Waals surface area contributed by atoms with E-state index < -0.39 is 0 Å². The Kier molecular flexibility index (Phi) is 4.62. The molecule has 3 heterocycles. The Labute approximate surface area is 130 Å². The van der Waals surface area contributed by atoms with E-state index in [1.54, 1.807) is 23.9 Å². The number of aromatic nitrogens is 5. The highest BCUT2D eigenvalue weighted by molar-refractivity contribution is 7.12. The van der Waals surface area contributed by atoms with Crippen molar-refractivity contribution in [3.8, 4) is 11.8 Å². The quantitative estimate of drug-likeness (QED) is 0.722. The fraction of sp³-hybridized carbons (Fsp3) is 0.154. The van der Waals surface area contributed by atoms with Crippen molar-refractivity contribution in [2.45, 2.75) is 6.54 Å². The number of thiophene rings is 1. The van der Waals surface area contributed by atoms with E-state index in [0.29, 0.717) is 6.54 Å². The summed E-state index contributed by atoms with van der Waals surface area (Å²) in [5.74, 6) is 6.17. The van der Waals surface area contributed by atoms with Crippen molar-refractivity contribution in [3.05, 3.63) is 56.9 Å². The van der Waals surface area contributed by atoms with Crippen LogP contribution in [-0.4, -0.2) is 24.3 Å². The molecule has 0 saturated heterocycles. The van der Waals surface area contributed by atoms with Crippen molar-refractivity contribution in [2.24, 2.45) is 7.05 Å². The van der Waals surface area contributed by atoms with Gasteiger partial charge in [0.2, 0.25) is 0 Å². The molecule has 6 nitrogen and oxygen atoms in total. The lowest BCUT2D eigenvalue weighted by Crippen LogP contribution is -2.16. The van der Waals surface area contributed by atoms with E-state index in [4.69, 9.17) is 0 Å². The van der Waals surface area contributed by atoms with Crippen molar-refractivity contribution >= 4 is 23.7 Å². The Morgan fingerprint density at radius 3 is 2.86 bits per heavy atom. The maximum absolute atomic E-state index is 11.4. The number of hydrogen-bond donors (Lipinski definition) is 1. The van der Waals surface area contributed by atoms with Gasteiger partial charge in [-0.25, -0.2) is 14.9 Å². The topological polar surface area (TPSA) is 68.5 Å². The van der Waals surface area contributed by atoms with E-state index in [1.807, 2.05) is 23.7 Å². The zero-order chi connectivity index (χ0) is 13.9. The summed E-state index contributed by atoms with van der Waals surface area (Å²) in [6.07, 6.45) is 4.94. The molecule has 1 N–H and O–H groups in total. The Morgan fingerprint density at radius 2 is 2.19 bits per heavy atom. The molecule has 3 rings (SSSR count). The molecule has 0 atom stereocenters. The third-order valence-electron chi connectivity index (χ3n) is 2.74. The standard InChI is InChI=1S/C13H11N5OS.ClH/c1-17-8-14-6-10(17)2-3-11-4-5-12(20-11)7-18-9-15-16-13(18)19;/h4-6,8-9H,7H2,1H3,(H,16,19);1H. The number of aryl methyl sites for hydroxylation is 1. The largest absolute Gasteiger partial charge is 0.343 e. The van der Waals surface area contributed by atoms with Gasteiger partial charge in [0.25, 0.3) is 0 Å². The number of H-pyrrole nitrogens is 1. The molecule has 0 saturated carbocycles. The highest BCUT2D eigenvalue weighted by Crippen LogP contribution is 2.16. The number of nitrogens with zero attached hydrogens (tertiary/aromatic N) is 4. The van der Waals surface area contributed by atoms with E-state index in [9.17, 15) is 4.79 Å². The van der Waals surface area contributed by atoms with Crippen LogP contribution in [0.4, 0.5) is 0 Å². The molecule has 0 aliphatic heterocycles. The molecule has 3 aromatic heterocycles. The van der Waals surface area contributed by atoms with Crippen molar-refractivity contribution in [1.29, 1.82) is 0 Å². The molecule has 0 amide bonds. The van der Waals surface area contributed by atoms with Crippen LogP contribution in [0.2, 0.25) is 0 Å². The SMILES string of the molecule is Cl.Cn1cncc1C#Cc1ccc(Cn2cn[nH]c2=O)s1. The summed E-state index contributed by atoms with van der Waals surface area (Å²) in [6.45, 7) is 0.507. The highest BCUT2D eigenvalue weighted by Gasteiger charge is 2.02. The molecule has 0 aliphatic rings.